The molecule has 0 radical (unpaired) electrons. The van der Waals surface area contributed by atoms with Crippen LogP contribution < -0.4 is 15.9 Å². The summed E-state index contributed by atoms with van der Waals surface area (Å²) in [4.78, 5) is 24.2. The number of sulfonamides is 1. The molecule has 1 aromatic heterocycles. The molecule has 4 N–H and O–H groups in total. The molecule has 1 heterocycles. The lowest BCUT2D eigenvalue weighted by molar-refractivity contribution is 0.0694. The highest BCUT2D eigenvalue weighted by Gasteiger charge is 2.27. The second-order valence-electron chi connectivity index (χ2n) is 8.79. The summed E-state index contributed by atoms with van der Waals surface area (Å²) in [5.41, 5.74) is 5.43. The van der Waals surface area contributed by atoms with Gasteiger partial charge in [0.2, 0.25) is 15.5 Å². The van der Waals surface area contributed by atoms with Crippen molar-refractivity contribution in [3.8, 4) is 11.1 Å². The highest BCUT2D eigenvalue weighted by molar-refractivity contribution is 7.89. The summed E-state index contributed by atoms with van der Waals surface area (Å²) in [6, 6.07) is 8.52. The molecule has 0 saturated heterocycles. The van der Waals surface area contributed by atoms with Gasteiger partial charge < -0.3 is 15.4 Å². The number of pyridine rings is 1. The van der Waals surface area contributed by atoms with Crippen LogP contribution in [0.5, 0.6) is 0 Å². The number of rotatable bonds is 11. The van der Waals surface area contributed by atoms with Gasteiger partial charge >= 0.3 is 5.97 Å². The van der Waals surface area contributed by atoms with Crippen molar-refractivity contribution in [2.45, 2.75) is 49.5 Å². The molecule has 0 bridgehead atoms. The fraction of sp³-hybridized carbons (Fsp3) is 0.360. The van der Waals surface area contributed by atoms with Crippen LogP contribution in [0.4, 0.5) is 4.39 Å². The lowest BCUT2D eigenvalue weighted by Crippen LogP contribution is -2.24. The predicted molar refractivity (Wildman–Crippen MR) is 132 cm³/mol. The van der Waals surface area contributed by atoms with Gasteiger partial charge in [-0.05, 0) is 62.1 Å². The molecular formula is C25H28FN3O5S. The Labute approximate surface area is 202 Å². The molecule has 0 aliphatic heterocycles. The van der Waals surface area contributed by atoms with Crippen LogP contribution in [0.3, 0.4) is 0 Å². The van der Waals surface area contributed by atoms with E-state index in [4.69, 9.17) is 5.73 Å². The summed E-state index contributed by atoms with van der Waals surface area (Å²) in [6.07, 6.45) is 6.48. The molecule has 2 aromatic carbocycles. The first-order chi connectivity index (χ1) is 16.7. The number of aromatic carboxylic acids is 1. The zero-order valence-corrected chi connectivity index (χ0v) is 20.0. The molecule has 4 rings (SSSR count). The second-order valence-corrected chi connectivity index (χ2v) is 10.6. The van der Waals surface area contributed by atoms with Gasteiger partial charge in [0.15, 0.2) is 0 Å². The topological polar surface area (TPSA) is 131 Å². The van der Waals surface area contributed by atoms with Gasteiger partial charge in [0.1, 0.15) is 11.4 Å². The zero-order chi connectivity index (χ0) is 25.2. The highest BCUT2D eigenvalue weighted by Crippen LogP contribution is 2.38. The van der Waals surface area contributed by atoms with Crippen LogP contribution in [0, 0.1) is 5.82 Å². The molecule has 0 unspecified atom stereocenters. The van der Waals surface area contributed by atoms with Gasteiger partial charge in [-0.1, -0.05) is 25.0 Å². The normalized spacial score (nSPS) is 13.9. The number of hydrogen-bond donors (Lipinski definition) is 3. The first-order valence-corrected chi connectivity index (χ1v) is 13.1. The van der Waals surface area contributed by atoms with Crippen molar-refractivity contribution in [3.63, 3.8) is 0 Å². The van der Waals surface area contributed by atoms with E-state index in [1.807, 2.05) is 0 Å². The number of fused-ring (bicyclic) bond motifs is 1. The first-order valence-electron chi connectivity index (χ1n) is 11.6. The molecule has 0 spiro atoms. The van der Waals surface area contributed by atoms with Crippen LogP contribution >= 0.6 is 0 Å². The predicted octanol–water partition coefficient (Wildman–Crippen LogP) is 3.64. The number of carboxylic acids is 1. The lowest BCUT2D eigenvalue weighted by Gasteiger charge is -2.14. The standard InChI is InChI=1S/C25H28FN3O5S/c26-22-13-20-23(29(17-7-8-17)15-21(24(20)30)25(31)32)14-19(22)16-5-9-18(10-6-16)35(33,34)28-12-4-2-1-3-11-27/h5-6,9-10,13-15,17,28H,1-4,7-8,11-12,27H2,(H,31,32). The third-order valence-electron chi connectivity index (χ3n) is 6.19. The molecular weight excluding hydrogens is 473 g/mol. The number of halogens is 1. The number of carbonyl (C=O) groups is 1. The minimum atomic E-state index is -3.69. The minimum Gasteiger partial charge on any atom is -0.477 e. The van der Waals surface area contributed by atoms with Crippen molar-refractivity contribution in [1.29, 1.82) is 0 Å². The summed E-state index contributed by atoms with van der Waals surface area (Å²) in [6.45, 7) is 0.947. The molecule has 35 heavy (non-hydrogen) atoms. The first kappa shape index (κ1) is 25.0. The van der Waals surface area contributed by atoms with Gasteiger partial charge in [-0.25, -0.2) is 22.3 Å². The smallest absolute Gasteiger partial charge is 0.341 e. The van der Waals surface area contributed by atoms with Gasteiger partial charge in [0.25, 0.3) is 0 Å². The number of nitrogens with zero attached hydrogens (tertiary/aromatic N) is 1. The van der Waals surface area contributed by atoms with E-state index in [9.17, 15) is 23.1 Å². The molecule has 1 aliphatic carbocycles. The van der Waals surface area contributed by atoms with E-state index in [0.717, 1.165) is 38.2 Å². The Balaban J connectivity index is 1.62. The van der Waals surface area contributed by atoms with Crippen LogP contribution in [0.1, 0.15) is 54.9 Å². The van der Waals surface area contributed by atoms with Gasteiger partial charge in [-0.2, -0.15) is 0 Å². The molecule has 1 saturated carbocycles. The fourth-order valence-corrected chi connectivity index (χ4v) is 5.20. The van der Waals surface area contributed by atoms with E-state index in [2.05, 4.69) is 4.72 Å². The van der Waals surface area contributed by atoms with Crippen molar-refractivity contribution in [2.75, 3.05) is 13.1 Å². The Bertz CT molecular complexity index is 1410. The van der Waals surface area contributed by atoms with Crippen molar-refractivity contribution in [2.24, 2.45) is 5.73 Å². The summed E-state index contributed by atoms with van der Waals surface area (Å²) >= 11 is 0. The molecule has 3 aromatic rings. The molecule has 0 atom stereocenters. The monoisotopic (exact) mass is 501 g/mol. The lowest BCUT2D eigenvalue weighted by atomic mass is 10.0. The largest absolute Gasteiger partial charge is 0.477 e. The van der Waals surface area contributed by atoms with Crippen LogP contribution in [-0.2, 0) is 10.0 Å². The van der Waals surface area contributed by atoms with Crippen LogP contribution in [0.25, 0.3) is 22.0 Å². The highest BCUT2D eigenvalue weighted by atomic mass is 32.2. The fourth-order valence-electron chi connectivity index (χ4n) is 4.12. The van der Waals surface area contributed by atoms with E-state index in [-0.39, 0.29) is 21.9 Å². The van der Waals surface area contributed by atoms with E-state index < -0.39 is 32.8 Å². The Morgan fingerprint density at radius 1 is 1.11 bits per heavy atom. The maximum atomic E-state index is 15.1. The van der Waals surface area contributed by atoms with E-state index in [1.165, 1.54) is 36.5 Å². The second kappa shape index (κ2) is 10.3. The maximum absolute atomic E-state index is 15.1. The number of benzene rings is 2. The van der Waals surface area contributed by atoms with E-state index in [1.54, 1.807) is 4.57 Å². The SMILES string of the molecule is NCCCCCCNS(=O)(=O)c1ccc(-c2cc3c(cc2F)c(=O)c(C(=O)O)cn3C2CC2)cc1. The molecule has 1 aliphatic rings. The Morgan fingerprint density at radius 3 is 2.43 bits per heavy atom. The average Bonchev–Trinajstić information content (AvgIpc) is 3.67. The minimum absolute atomic E-state index is 0.00732. The van der Waals surface area contributed by atoms with E-state index in [0.29, 0.717) is 30.6 Å². The van der Waals surface area contributed by atoms with Gasteiger partial charge in [-0.3, -0.25) is 4.79 Å². The summed E-state index contributed by atoms with van der Waals surface area (Å²) in [5.74, 6) is -2.04. The van der Waals surface area contributed by atoms with E-state index >= 15 is 4.39 Å². The Hall–Kier alpha value is -3.08. The van der Waals surface area contributed by atoms with Crippen LogP contribution in [0.15, 0.2) is 52.3 Å². The van der Waals surface area contributed by atoms with Gasteiger partial charge in [-0.15, -0.1) is 0 Å². The van der Waals surface area contributed by atoms with Crippen LogP contribution in [0.2, 0.25) is 0 Å². The van der Waals surface area contributed by atoms with Crippen molar-refractivity contribution in [1.82, 2.24) is 9.29 Å². The number of hydrogen-bond acceptors (Lipinski definition) is 5. The summed E-state index contributed by atoms with van der Waals surface area (Å²) in [5, 5.41) is 9.39. The van der Waals surface area contributed by atoms with Gasteiger partial charge in [0.05, 0.1) is 10.4 Å². The third-order valence-corrected chi connectivity index (χ3v) is 7.67. The Kier molecular flexibility index (Phi) is 7.34. The van der Waals surface area contributed by atoms with Crippen molar-refractivity contribution >= 4 is 26.9 Å². The molecule has 10 heteroatoms. The molecule has 1 fully saturated rings. The van der Waals surface area contributed by atoms with Crippen LogP contribution in [-0.4, -0.2) is 37.2 Å². The summed E-state index contributed by atoms with van der Waals surface area (Å²) in [7, 11) is -3.69. The number of aromatic nitrogens is 1. The van der Waals surface area contributed by atoms with Crippen molar-refractivity contribution in [3.05, 3.63) is 64.2 Å². The number of nitrogens with one attached hydrogen (secondary N) is 1. The summed E-state index contributed by atoms with van der Waals surface area (Å²) < 4.78 is 44.5. The maximum Gasteiger partial charge on any atom is 0.341 e. The average molecular weight is 502 g/mol. The molecule has 186 valence electrons. The third kappa shape index (κ3) is 5.44. The van der Waals surface area contributed by atoms with Crippen molar-refractivity contribution < 1.29 is 22.7 Å². The molecule has 8 nitrogen and oxygen atoms in total. The molecule has 0 amide bonds. The quantitative estimate of drug-likeness (QED) is 0.344. The number of carboxylic acid groups (broad SMARTS) is 1. The number of nitrogens with two attached hydrogens (primary N) is 1. The van der Waals surface area contributed by atoms with Gasteiger partial charge in [0, 0.05) is 29.7 Å². The Morgan fingerprint density at radius 2 is 1.80 bits per heavy atom. The number of unbranched alkanes of at least 4 members (excludes halogenated alkanes) is 3. The zero-order valence-electron chi connectivity index (χ0n) is 19.2.